The standard InChI is InChI=1S/C16H20N2O2/c1-10-6-8-12(9-7-10)18-11(2)17-14-5-3-4-13(15(14)18)16(19)20/h3-5,10,12H,6-9H2,1-2H3,(H,19,20). The summed E-state index contributed by atoms with van der Waals surface area (Å²) in [5.41, 5.74) is 1.94. The van der Waals surface area contributed by atoms with Crippen LogP contribution in [0, 0.1) is 12.8 Å². The van der Waals surface area contributed by atoms with Crippen LogP contribution in [0.4, 0.5) is 0 Å². The Balaban J connectivity index is 2.14. The van der Waals surface area contributed by atoms with Gasteiger partial charge in [0.1, 0.15) is 5.82 Å². The Bertz CT molecular complexity index is 652. The molecule has 0 spiro atoms. The van der Waals surface area contributed by atoms with Crippen molar-refractivity contribution in [1.29, 1.82) is 0 Å². The summed E-state index contributed by atoms with van der Waals surface area (Å²) < 4.78 is 2.16. The highest BCUT2D eigenvalue weighted by Gasteiger charge is 2.25. The van der Waals surface area contributed by atoms with Gasteiger partial charge in [-0.25, -0.2) is 9.78 Å². The van der Waals surface area contributed by atoms with Crippen molar-refractivity contribution in [3.05, 3.63) is 29.6 Å². The number of hydrogen-bond acceptors (Lipinski definition) is 2. The van der Waals surface area contributed by atoms with Gasteiger partial charge in [0.25, 0.3) is 0 Å². The Kier molecular flexibility index (Phi) is 3.24. The second-order valence-electron chi connectivity index (χ2n) is 5.92. The first-order chi connectivity index (χ1) is 9.58. The Morgan fingerprint density at radius 3 is 2.65 bits per heavy atom. The maximum atomic E-state index is 11.5. The van der Waals surface area contributed by atoms with Crippen LogP contribution >= 0.6 is 0 Å². The summed E-state index contributed by atoms with van der Waals surface area (Å²) in [6.45, 7) is 4.27. The van der Waals surface area contributed by atoms with Crippen LogP contribution in [-0.2, 0) is 0 Å². The summed E-state index contributed by atoms with van der Waals surface area (Å²) in [6, 6.07) is 5.73. The molecule has 4 heteroatoms. The van der Waals surface area contributed by atoms with Crippen LogP contribution in [-0.4, -0.2) is 20.6 Å². The molecule has 0 bridgehead atoms. The third-order valence-electron chi connectivity index (χ3n) is 4.47. The van der Waals surface area contributed by atoms with Gasteiger partial charge in [0, 0.05) is 6.04 Å². The van der Waals surface area contributed by atoms with E-state index in [9.17, 15) is 9.90 Å². The van der Waals surface area contributed by atoms with Crippen LogP contribution in [0.15, 0.2) is 18.2 Å². The van der Waals surface area contributed by atoms with Crippen molar-refractivity contribution in [2.75, 3.05) is 0 Å². The minimum absolute atomic E-state index is 0.363. The van der Waals surface area contributed by atoms with E-state index in [2.05, 4.69) is 16.5 Å². The van der Waals surface area contributed by atoms with E-state index in [1.165, 1.54) is 12.8 Å². The highest BCUT2D eigenvalue weighted by atomic mass is 16.4. The van der Waals surface area contributed by atoms with E-state index in [-0.39, 0.29) is 0 Å². The van der Waals surface area contributed by atoms with E-state index >= 15 is 0 Å². The van der Waals surface area contributed by atoms with Crippen molar-refractivity contribution in [3.63, 3.8) is 0 Å². The van der Waals surface area contributed by atoms with Gasteiger partial charge >= 0.3 is 5.97 Å². The highest BCUT2D eigenvalue weighted by molar-refractivity contribution is 6.01. The van der Waals surface area contributed by atoms with Crippen molar-refractivity contribution in [1.82, 2.24) is 9.55 Å². The van der Waals surface area contributed by atoms with E-state index in [1.807, 2.05) is 13.0 Å². The average Bonchev–Trinajstić information content (AvgIpc) is 2.75. The van der Waals surface area contributed by atoms with E-state index < -0.39 is 5.97 Å². The molecule has 1 saturated carbocycles. The largest absolute Gasteiger partial charge is 0.478 e. The number of para-hydroxylation sites is 1. The van der Waals surface area contributed by atoms with E-state index in [1.54, 1.807) is 12.1 Å². The lowest BCUT2D eigenvalue weighted by atomic mass is 9.87. The zero-order valence-corrected chi connectivity index (χ0v) is 12.0. The summed E-state index contributed by atoms with van der Waals surface area (Å²) in [5, 5.41) is 9.42. The van der Waals surface area contributed by atoms with Gasteiger partial charge in [0.05, 0.1) is 16.6 Å². The maximum absolute atomic E-state index is 11.5. The molecule has 20 heavy (non-hydrogen) atoms. The lowest BCUT2D eigenvalue weighted by Crippen LogP contribution is -2.18. The third-order valence-corrected chi connectivity index (χ3v) is 4.47. The predicted octanol–water partition coefficient (Wildman–Crippen LogP) is 3.79. The number of fused-ring (bicyclic) bond motifs is 1. The molecule has 0 atom stereocenters. The molecular weight excluding hydrogens is 252 g/mol. The fourth-order valence-corrected chi connectivity index (χ4v) is 3.38. The minimum atomic E-state index is -0.874. The minimum Gasteiger partial charge on any atom is -0.478 e. The fraction of sp³-hybridized carbons (Fsp3) is 0.500. The predicted molar refractivity (Wildman–Crippen MR) is 78.1 cm³/mol. The van der Waals surface area contributed by atoms with Crippen molar-refractivity contribution in [2.24, 2.45) is 5.92 Å². The summed E-state index contributed by atoms with van der Waals surface area (Å²) in [5.74, 6) is 0.828. The van der Waals surface area contributed by atoms with Gasteiger partial charge in [-0.15, -0.1) is 0 Å². The van der Waals surface area contributed by atoms with Crippen LogP contribution in [0.1, 0.15) is 54.8 Å². The molecular formula is C16H20N2O2. The molecule has 1 aliphatic rings. The molecule has 1 fully saturated rings. The second kappa shape index (κ2) is 4.93. The maximum Gasteiger partial charge on any atom is 0.337 e. The molecule has 106 valence electrons. The topological polar surface area (TPSA) is 55.1 Å². The Morgan fingerprint density at radius 2 is 2.00 bits per heavy atom. The number of imidazole rings is 1. The Hall–Kier alpha value is -1.84. The summed E-state index contributed by atoms with van der Waals surface area (Å²) in [6.07, 6.45) is 4.64. The van der Waals surface area contributed by atoms with Crippen molar-refractivity contribution in [2.45, 2.75) is 45.6 Å². The zero-order chi connectivity index (χ0) is 14.3. The molecule has 1 aromatic carbocycles. The van der Waals surface area contributed by atoms with Gasteiger partial charge in [-0.1, -0.05) is 13.0 Å². The number of carboxylic acids is 1. The van der Waals surface area contributed by atoms with E-state index in [4.69, 9.17) is 0 Å². The normalized spacial score (nSPS) is 23.1. The average molecular weight is 272 g/mol. The first-order valence-electron chi connectivity index (χ1n) is 7.28. The molecule has 0 unspecified atom stereocenters. The zero-order valence-electron chi connectivity index (χ0n) is 12.0. The summed E-state index contributed by atoms with van der Waals surface area (Å²) >= 11 is 0. The monoisotopic (exact) mass is 272 g/mol. The molecule has 2 aromatic rings. The van der Waals surface area contributed by atoms with Crippen LogP contribution in [0.3, 0.4) is 0 Å². The SMILES string of the molecule is Cc1nc2cccc(C(=O)O)c2n1C1CCC(C)CC1. The number of benzene rings is 1. The van der Waals surface area contributed by atoms with Gasteiger partial charge in [-0.3, -0.25) is 0 Å². The quantitative estimate of drug-likeness (QED) is 0.904. The van der Waals surface area contributed by atoms with Crippen molar-refractivity contribution in [3.8, 4) is 0 Å². The molecule has 1 aliphatic carbocycles. The molecule has 0 saturated heterocycles. The van der Waals surface area contributed by atoms with Crippen LogP contribution in [0.25, 0.3) is 11.0 Å². The van der Waals surface area contributed by atoms with Crippen LogP contribution in [0.5, 0.6) is 0 Å². The van der Waals surface area contributed by atoms with Crippen molar-refractivity contribution >= 4 is 17.0 Å². The fourth-order valence-electron chi connectivity index (χ4n) is 3.38. The van der Waals surface area contributed by atoms with Gasteiger partial charge < -0.3 is 9.67 Å². The first kappa shape index (κ1) is 13.2. The molecule has 0 aliphatic heterocycles. The number of aromatic carboxylic acids is 1. The van der Waals surface area contributed by atoms with Gasteiger partial charge in [0.2, 0.25) is 0 Å². The number of aromatic nitrogens is 2. The summed E-state index contributed by atoms with van der Waals surface area (Å²) in [7, 11) is 0. The van der Waals surface area contributed by atoms with Gasteiger partial charge in [-0.05, 0) is 50.7 Å². The molecule has 0 amide bonds. The molecule has 4 nitrogen and oxygen atoms in total. The number of carbonyl (C=O) groups is 1. The highest BCUT2D eigenvalue weighted by Crippen LogP contribution is 2.35. The molecule has 1 aromatic heterocycles. The Labute approximate surface area is 118 Å². The molecule has 0 radical (unpaired) electrons. The van der Waals surface area contributed by atoms with Gasteiger partial charge in [0.15, 0.2) is 0 Å². The second-order valence-corrected chi connectivity index (χ2v) is 5.92. The van der Waals surface area contributed by atoms with Crippen LogP contribution in [0.2, 0.25) is 0 Å². The first-order valence-corrected chi connectivity index (χ1v) is 7.28. The third kappa shape index (κ3) is 2.09. The van der Waals surface area contributed by atoms with Crippen molar-refractivity contribution < 1.29 is 9.90 Å². The smallest absolute Gasteiger partial charge is 0.337 e. The van der Waals surface area contributed by atoms with Crippen LogP contribution < -0.4 is 0 Å². The Morgan fingerprint density at radius 1 is 1.30 bits per heavy atom. The molecule has 1 heterocycles. The number of nitrogens with zero attached hydrogens (tertiary/aromatic N) is 2. The lowest BCUT2D eigenvalue weighted by Gasteiger charge is -2.28. The number of carboxylic acid groups (broad SMARTS) is 1. The number of hydrogen-bond donors (Lipinski definition) is 1. The molecule has 1 N–H and O–H groups in total. The van der Waals surface area contributed by atoms with Gasteiger partial charge in [-0.2, -0.15) is 0 Å². The van der Waals surface area contributed by atoms with E-state index in [0.29, 0.717) is 11.6 Å². The number of rotatable bonds is 2. The lowest BCUT2D eigenvalue weighted by molar-refractivity contribution is 0.0698. The number of aryl methyl sites for hydroxylation is 1. The van der Waals surface area contributed by atoms with E-state index in [0.717, 1.165) is 35.6 Å². The molecule has 3 rings (SSSR count). The summed E-state index contributed by atoms with van der Waals surface area (Å²) in [4.78, 5) is 16.0.